The molecule has 0 aromatic carbocycles. The summed E-state index contributed by atoms with van der Waals surface area (Å²) in [7, 11) is 0. The highest BCUT2D eigenvalue weighted by Crippen LogP contribution is 2.45. The fraction of sp³-hybridized carbons (Fsp3) is 0.727. The Hall–Kier alpha value is -0.870. The molecule has 0 aromatic heterocycles. The third-order valence-electron chi connectivity index (χ3n) is 3.03. The van der Waals surface area contributed by atoms with Crippen molar-refractivity contribution in [2.45, 2.75) is 24.3 Å². The number of hydrogen-bond donors (Lipinski definition) is 1. The number of aliphatic carboxylic acids is 1. The number of nitriles is 1. The molecule has 1 saturated heterocycles. The van der Waals surface area contributed by atoms with Crippen LogP contribution in [0, 0.1) is 17.2 Å². The van der Waals surface area contributed by atoms with Gasteiger partial charge >= 0.3 is 5.97 Å². The quantitative estimate of drug-likeness (QED) is 0.760. The van der Waals surface area contributed by atoms with E-state index in [-0.39, 0.29) is 22.8 Å². The highest BCUT2D eigenvalue weighted by molar-refractivity contribution is 8.00. The molecule has 2 unspecified atom stereocenters. The second kappa shape index (κ2) is 5.85. The van der Waals surface area contributed by atoms with E-state index >= 15 is 0 Å². The number of carboxylic acid groups (broad SMARTS) is 1. The Kier molecular flexibility index (Phi) is 4.40. The summed E-state index contributed by atoms with van der Waals surface area (Å²) in [6, 6.07) is 1.27. The van der Waals surface area contributed by atoms with E-state index < -0.39 is 12.0 Å². The van der Waals surface area contributed by atoms with Gasteiger partial charge in [-0.25, -0.2) is 4.79 Å². The predicted molar refractivity (Wildman–Crippen MR) is 70.2 cm³/mol. The Bertz CT molecular complexity index is 392. The van der Waals surface area contributed by atoms with Crippen molar-refractivity contribution < 1.29 is 14.7 Å². The van der Waals surface area contributed by atoms with Crippen LogP contribution in [0.2, 0.25) is 0 Å². The fourth-order valence-electron chi connectivity index (χ4n) is 2.04. The molecular weight excluding hydrogens is 272 g/mol. The second-order valence-corrected chi connectivity index (χ2v) is 6.50. The molecule has 5 nitrogen and oxygen atoms in total. The zero-order chi connectivity index (χ0) is 13.1. The van der Waals surface area contributed by atoms with Crippen LogP contribution in [0.15, 0.2) is 0 Å². The number of carboxylic acids is 1. The Balaban J connectivity index is 2.01. The molecule has 1 heterocycles. The lowest BCUT2D eigenvalue weighted by atomic mass is 10.2. The minimum atomic E-state index is -0.927. The van der Waals surface area contributed by atoms with Crippen molar-refractivity contribution in [2.24, 2.45) is 5.92 Å². The molecule has 1 aliphatic carbocycles. The molecule has 0 spiro atoms. The molecule has 2 atom stereocenters. The van der Waals surface area contributed by atoms with E-state index in [2.05, 4.69) is 0 Å². The predicted octanol–water partition coefficient (Wildman–Crippen LogP) is 1.01. The summed E-state index contributed by atoms with van der Waals surface area (Å²) >= 11 is 2.82. The summed E-state index contributed by atoms with van der Waals surface area (Å²) in [5, 5.41) is 17.6. The number of rotatable bonds is 5. The Labute approximate surface area is 114 Å². The number of carbonyl (C=O) groups is 2. The first-order valence-corrected chi connectivity index (χ1v) is 7.95. The molecule has 1 aliphatic heterocycles. The molecule has 0 aromatic rings. The zero-order valence-electron chi connectivity index (χ0n) is 9.74. The summed E-state index contributed by atoms with van der Waals surface area (Å²) in [6.07, 6.45) is 2.16. The van der Waals surface area contributed by atoms with Crippen molar-refractivity contribution in [3.05, 3.63) is 0 Å². The van der Waals surface area contributed by atoms with Crippen LogP contribution in [-0.4, -0.2) is 50.6 Å². The van der Waals surface area contributed by atoms with Crippen molar-refractivity contribution in [1.29, 1.82) is 5.26 Å². The molecule has 7 heteroatoms. The van der Waals surface area contributed by atoms with E-state index in [4.69, 9.17) is 10.4 Å². The normalized spacial score (nSPS) is 26.9. The first-order chi connectivity index (χ1) is 8.65. The molecule has 1 amide bonds. The Morgan fingerprint density at radius 1 is 1.50 bits per heavy atom. The average molecular weight is 286 g/mol. The second-order valence-electron chi connectivity index (χ2n) is 4.37. The molecule has 0 radical (unpaired) electrons. The van der Waals surface area contributed by atoms with Crippen LogP contribution in [-0.2, 0) is 9.59 Å². The number of thioether (sulfide) groups is 2. The van der Waals surface area contributed by atoms with Gasteiger partial charge in [-0.2, -0.15) is 5.26 Å². The third kappa shape index (κ3) is 2.93. The summed E-state index contributed by atoms with van der Waals surface area (Å²) in [5.74, 6) is 0.322. The van der Waals surface area contributed by atoms with Crippen LogP contribution in [0.25, 0.3) is 0 Å². The van der Waals surface area contributed by atoms with E-state index in [0.717, 1.165) is 12.8 Å². The lowest BCUT2D eigenvalue weighted by Crippen LogP contribution is -2.47. The molecule has 1 saturated carbocycles. The van der Waals surface area contributed by atoms with Gasteiger partial charge in [-0.05, 0) is 18.8 Å². The van der Waals surface area contributed by atoms with Crippen LogP contribution in [0.4, 0.5) is 0 Å². The Morgan fingerprint density at radius 2 is 2.22 bits per heavy atom. The van der Waals surface area contributed by atoms with Gasteiger partial charge in [0.25, 0.3) is 0 Å². The highest BCUT2D eigenvalue weighted by Gasteiger charge is 2.47. The van der Waals surface area contributed by atoms with Gasteiger partial charge in [0.1, 0.15) is 6.04 Å². The molecule has 1 N–H and O–H groups in total. The molecule has 18 heavy (non-hydrogen) atoms. The van der Waals surface area contributed by atoms with Gasteiger partial charge in [0.05, 0.1) is 22.9 Å². The first-order valence-electron chi connectivity index (χ1n) is 5.75. The molecule has 2 rings (SSSR count). The van der Waals surface area contributed by atoms with E-state index in [1.54, 1.807) is 11.8 Å². The van der Waals surface area contributed by atoms with Crippen molar-refractivity contribution in [3.8, 4) is 6.07 Å². The van der Waals surface area contributed by atoms with Crippen molar-refractivity contribution in [2.75, 3.05) is 17.3 Å². The van der Waals surface area contributed by atoms with Gasteiger partial charge in [0.2, 0.25) is 5.91 Å². The molecule has 0 bridgehead atoms. The van der Waals surface area contributed by atoms with Crippen molar-refractivity contribution >= 4 is 35.4 Å². The van der Waals surface area contributed by atoms with Gasteiger partial charge in [-0.3, -0.25) is 4.79 Å². The number of carbonyl (C=O) groups excluding carboxylic acids is 1. The highest BCUT2D eigenvalue weighted by atomic mass is 32.2. The summed E-state index contributed by atoms with van der Waals surface area (Å²) in [4.78, 5) is 24.8. The van der Waals surface area contributed by atoms with Crippen LogP contribution in [0.1, 0.15) is 12.8 Å². The van der Waals surface area contributed by atoms with Gasteiger partial charge in [0.15, 0.2) is 0 Å². The summed E-state index contributed by atoms with van der Waals surface area (Å²) in [5.41, 5.74) is 0. The summed E-state index contributed by atoms with van der Waals surface area (Å²) < 4.78 is 0. The maximum Gasteiger partial charge on any atom is 0.327 e. The van der Waals surface area contributed by atoms with Gasteiger partial charge in [-0.1, -0.05) is 0 Å². The van der Waals surface area contributed by atoms with E-state index in [1.165, 1.54) is 16.7 Å². The monoisotopic (exact) mass is 286 g/mol. The first kappa shape index (κ1) is 13.6. The topological polar surface area (TPSA) is 81.4 Å². The molecular formula is C11H14N2O3S2. The third-order valence-corrected chi connectivity index (χ3v) is 5.27. The molecule has 2 aliphatic rings. The maximum absolute atomic E-state index is 12.1. The standard InChI is InChI=1S/C11H14N2O3S2/c12-3-4-17-6-9(14)13-8(11(15)16)5-18-10(13)7-1-2-7/h7-8,10H,1-2,4-6H2,(H,15,16). The summed E-state index contributed by atoms with van der Waals surface area (Å²) in [6.45, 7) is 0. The van der Waals surface area contributed by atoms with Crippen molar-refractivity contribution in [1.82, 2.24) is 4.90 Å². The maximum atomic E-state index is 12.1. The van der Waals surface area contributed by atoms with Gasteiger partial charge in [0, 0.05) is 5.75 Å². The lowest BCUT2D eigenvalue weighted by Gasteiger charge is -2.27. The van der Waals surface area contributed by atoms with Crippen LogP contribution < -0.4 is 0 Å². The Morgan fingerprint density at radius 3 is 2.78 bits per heavy atom. The average Bonchev–Trinajstić information content (AvgIpc) is 3.07. The number of amides is 1. The number of hydrogen-bond acceptors (Lipinski definition) is 5. The van der Waals surface area contributed by atoms with E-state index in [0.29, 0.717) is 11.7 Å². The van der Waals surface area contributed by atoms with E-state index in [1.807, 2.05) is 6.07 Å². The smallest absolute Gasteiger partial charge is 0.327 e. The fourth-order valence-corrected chi connectivity index (χ4v) is 4.21. The minimum absolute atomic E-state index is 0.0290. The molecule has 98 valence electrons. The largest absolute Gasteiger partial charge is 0.480 e. The van der Waals surface area contributed by atoms with Crippen LogP contribution in [0.3, 0.4) is 0 Å². The SMILES string of the molecule is N#CCSCC(=O)N1C(C(=O)O)CSC1C1CC1. The molecule has 2 fully saturated rings. The number of nitrogens with zero attached hydrogens (tertiary/aromatic N) is 2. The van der Waals surface area contributed by atoms with Crippen LogP contribution >= 0.6 is 23.5 Å². The van der Waals surface area contributed by atoms with Gasteiger partial charge < -0.3 is 10.0 Å². The van der Waals surface area contributed by atoms with Crippen molar-refractivity contribution in [3.63, 3.8) is 0 Å². The van der Waals surface area contributed by atoms with Crippen LogP contribution in [0.5, 0.6) is 0 Å². The lowest BCUT2D eigenvalue weighted by molar-refractivity contribution is -0.148. The van der Waals surface area contributed by atoms with E-state index in [9.17, 15) is 9.59 Å². The zero-order valence-corrected chi connectivity index (χ0v) is 11.4. The minimum Gasteiger partial charge on any atom is -0.480 e. The van der Waals surface area contributed by atoms with Gasteiger partial charge in [-0.15, -0.1) is 23.5 Å².